The minimum Gasteiger partial charge on any atom is -0.494 e. The Bertz CT molecular complexity index is 363. The molecule has 19 heavy (non-hydrogen) atoms. The quantitative estimate of drug-likeness (QED) is 0.855. The molecule has 0 heterocycles. The number of hydrogen-bond acceptors (Lipinski definition) is 2. The van der Waals surface area contributed by atoms with Crippen LogP contribution in [0, 0.1) is 11.8 Å². The van der Waals surface area contributed by atoms with Gasteiger partial charge in [0.2, 0.25) is 0 Å². The molecule has 0 saturated heterocycles. The van der Waals surface area contributed by atoms with Gasteiger partial charge in [-0.25, -0.2) is 0 Å². The molecule has 0 spiro atoms. The minimum absolute atomic E-state index is 0.312. The second kappa shape index (κ2) is 6.95. The first-order chi connectivity index (χ1) is 9.24. The van der Waals surface area contributed by atoms with Gasteiger partial charge in [0, 0.05) is 0 Å². The standard InChI is InChI=1S/C17H26O2/c1-3-13-5-7-14(8-6-13)17(18)15-9-11-16(12-10-15)19-4-2/h9-14,17-18H,3-8H2,1-2H3. The first-order valence-corrected chi connectivity index (χ1v) is 7.65. The maximum atomic E-state index is 10.5. The van der Waals surface area contributed by atoms with Gasteiger partial charge in [-0.05, 0) is 49.3 Å². The first-order valence-electron chi connectivity index (χ1n) is 7.65. The zero-order valence-electron chi connectivity index (χ0n) is 12.1. The monoisotopic (exact) mass is 262 g/mol. The van der Waals surface area contributed by atoms with E-state index in [2.05, 4.69) is 6.92 Å². The van der Waals surface area contributed by atoms with Crippen LogP contribution in [-0.4, -0.2) is 11.7 Å². The Morgan fingerprint density at radius 1 is 1.11 bits per heavy atom. The van der Waals surface area contributed by atoms with Crippen LogP contribution in [0.2, 0.25) is 0 Å². The Kier molecular flexibility index (Phi) is 5.26. The molecule has 106 valence electrons. The highest BCUT2D eigenvalue weighted by Crippen LogP contribution is 2.38. The summed E-state index contributed by atoms with van der Waals surface area (Å²) in [5, 5.41) is 10.5. The van der Waals surface area contributed by atoms with Gasteiger partial charge < -0.3 is 9.84 Å². The molecule has 1 saturated carbocycles. The zero-order chi connectivity index (χ0) is 13.7. The van der Waals surface area contributed by atoms with Gasteiger partial charge in [0.15, 0.2) is 0 Å². The second-order valence-electron chi connectivity index (χ2n) is 5.64. The Morgan fingerprint density at radius 3 is 2.26 bits per heavy atom. The van der Waals surface area contributed by atoms with E-state index in [1.165, 1.54) is 19.3 Å². The number of aliphatic hydroxyl groups is 1. The highest BCUT2D eigenvalue weighted by Gasteiger charge is 2.26. The Morgan fingerprint density at radius 2 is 1.74 bits per heavy atom. The van der Waals surface area contributed by atoms with Gasteiger partial charge >= 0.3 is 0 Å². The van der Waals surface area contributed by atoms with E-state index >= 15 is 0 Å². The second-order valence-corrected chi connectivity index (χ2v) is 5.64. The molecule has 1 fully saturated rings. The summed E-state index contributed by atoms with van der Waals surface area (Å²) in [6.07, 6.45) is 5.84. The van der Waals surface area contributed by atoms with Crippen LogP contribution in [-0.2, 0) is 0 Å². The van der Waals surface area contributed by atoms with Crippen molar-refractivity contribution < 1.29 is 9.84 Å². The third-order valence-electron chi connectivity index (χ3n) is 4.45. The molecule has 0 radical (unpaired) electrons. The zero-order valence-corrected chi connectivity index (χ0v) is 12.1. The molecule has 2 heteroatoms. The van der Waals surface area contributed by atoms with Crippen LogP contribution in [0.15, 0.2) is 24.3 Å². The molecule has 1 atom stereocenters. The molecule has 1 aliphatic carbocycles. The average molecular weight is 262 g/mol. The Balaban J connectivity index is 1.94. The predicted molar refractivity (Wildman–Crippen MR) is 78.3 cm³/mol. The van der Waals surface area contributed by atoms with E-state index in [0.29, 0.717) is 12.5 Å². The first kappa shape index (κ1) is 14.4. The lowest BCUT2D eigenvalue weighted by Crippen LogP contribution is -2.20. The molecule has 0 bridgehead atoms. The summed E-state index contributed by atoms with van der Waals surface area (Å²) >= 11 is 0. The summed E-state index contributed by atoms with van der Waals surface area (Å²) in [4.78, 5) is 0. The van der Waals surface area contributed by atoms with Crippen LogP contribution in [0.3, 0.4) is 0 Å². The van der Waals surface area contributed by atoms with Crippen LogP contribution in [0.25, 0.3) is 0 Å². The lowest BCUT2D eigenvalue weighted by molar-refractivity contribution is 0.0729. The van der Waals surface area contributed by atoms with E-state index in [9.17, 15) is 5.11 Å². The fourth-order valence-electron chi connectivity index (χ4n) is 3.11. The minimum atomic E-state index is -0.312. The normalized spacial score (nSPS) is 25.0. The lowest BCUT2D eigenvalue weighted by Gasteiger charge is -2.31. The summed E-state index contributed by atoms with van der Waals surface area (Å²) in [5.74, 6) is 2.19. The fourth-order valence-corrected chi connectivity index (χ4v) is 3.11. The number of hydrogen-bond donors (Lipinski definition) is 1. The fraction of sp³-hybridized carbons (Fsp3) is 0.647. The van der Waals surface area contributed by atoms with Crippen LogP contribution in [0.4, 0.5) is 0 Å². The summed E-state index contributed by atoms with van der Waals surface area (Å²) < 4.78 is 5.43. The van der Waals surface area contributed by atoms with E-state index in [1.54, 1.807) is 0 Å². The summed E-state index contributed by atoms with van der Waals surface area (Å²) in [5.41, 5.74) is 1.03. The van der Waals surface area contributed by atoms with Crippen molar-refractivity contribution in [2.45, 2.75) is 52.1 Å². The van der Waals surface area contributed by atoms with Crippen molar-refractivity contribution in [3.05, 3.63) is 29.8 Å². The Hall–Kier alpha value is -1.02. The summed E-state index contributed by atoms with van der Waals surface area (Å²) in [7, 11) is 0. The van der Waals surface area contributed by atoms with Crippen LogP contribution < -0.4 is 4.74 Å². The largest absolute Gasteiger partial charge is 0.494 e. The van der Waals surface area contributed by atoms with Crippen LogP contribution in [0.5, 0.6) is 5.75 Å². The molecule has 1 N–H and O–H groups in total. The molecule has 1 aromatic rings. The van der Waals surface area contributed by atoms with Gasteiger partial charge in [-0.3, -0.25) is 0 Å². The summed E-state index contributed by atoms with van der Waals surface area (Å²) in [6.45, 7) is 4.94. The van der Waals surface area contributed by atoms with Crippen molar-refractivity contribution in [3.63, 3.8) is 0 Å². The number of ether oxygens (including phenoxy) is 1. The third kappa shape index (κ3) is 3.73. The SMILES string of the molecule is CCOc1ccc(C(O)C2CCC(CC)CC2)cc1. The maximum Gasteiger partial charge on any atom is 0.119 e. The summed E-state index contributed by atoms with van der Waals surface area (Å²) in [6, 6.07) is 7.92. The van der Waals surface area contributed by atoms with Gasteiger partial charge in [-0.2, -0.15) is 0 Å². The van der Waals surface area contributed by atoms with Crippen molar-refractivity contribution in [2.24, 2.45) is 11.8 Å². The van der Waals surface area contributed by atoms with Crippen molar-refractivity contribution in [1.29, 1.82) is 0 Å². The smallest absolute Gasteiger partial charge is 0.119 e. The molecule has 0 amide bonds. The average Bonchev–Trinajstić information content (AvgIpc) is 2.48. The number of aliphatic hydroxyl groups excluding tert-OH is 1. The molecular weight excluding hydrogens is 236 g/mol. The maximum absolute atomic E-state index is 10.5. The molecule has 0 aliphatic heterocycles. The van der Waals surface area contributed by atoms with Gasteiger partial charge in [-0.1, -0.05) is 38.3 Å². The van der Waals surface area contributed by atoms with Gasteiger partial charge in [-0.15, -0.1) is 0 Å². The topological polar surface area (TPSA) is 29.5 Å². The predicted octanol–water partition coefficient (Wildman–Crippen LogP) is 4.34. The van der Waals surface area contributed by atoms with E-state index < -0.39 is 0 Å². The molecule has 0 aromatic heterocycles. The molecule has 2 nitrogen and oxygen atoms in total. The Labute approximate surface area is 116 Å². The highest BCUT2D eigenvalue weighted by molar-refractivity contribution is 5.28. The van der Waals surface area contributed by atoms with Gasteiger partial charge in [0.25, 0.3) is 0 Å². The number of rotatable bonds is 5. The van der Waals surface area contributed by atoms with E-state index in [-0.39, 0.29) is 6.10 Å². The highest BCUT2D eigenvalue weighted by atomic mass is 16.5. The molecule has 1 aromatic carbocycles. The van der Waals surface area contributed by atoms with Crippen molar-refractivity contribution in [1.82, 2.24) is 0 Å². The van der Waals surface area contributed by atoms with Crippen LogP contribution >= 0.6 is 0 Å². The number of benzene rings is 1. The molecular formula is C17H26O2. The van der Waals surface area contributed by atoms with E-state index in [4.69, 9.17) is 4.74 Å². The third-order valence-corrected chi connectivity index (χ3v) is 4.45. The molecule has 1 aliphatic rings. The van der Waals surface area contributed by atoms with Crippen molar-refractivity contribution >= 4 is 0 Å². The molecule has 1 unspecified atom stereocenters. The van der Waals surface area contributed by atoms with Crippen molar-refractivity contribution in [3.8, 4) is 5.75 Å². The van der Waals surface area contributed by atoms with Crippen LogP contribution in [0.1, 0.15) is 57.6 Å². The van der Waals surface area contributed by atoms with Gasteiger partial charge in [0.1, 0.15) is 5.75 Å². The molecule has 2 rings (SSSR count). The lowest BCUT2D eigenvalue weighted by atomic mass is 9.77. The van der Waals surface area contributed by atoms with Crippen molar-refractivity contribution in [2.75, 3.05) is 6.61 Å². The van der Waals surface area contributed by atoms with E-state index in [1.807, 2.05) is 31.2 Å². The van der Waals surface area contributed by atoms with Gasteiger partial charge in [0.05, 0.1) is 12.7 Å². The van der Waals surface area contributed by atoms with E-state index in [0.717, 1.165) is 30.1 Å².